The molecule has 1 atom stereocenters. The zero-order chi connectivity index (χ0) is 15.1. The summed E-state index contributed by atoms with van der Waals surface area (Å²) >= 11 is 0. The summed E-state index contributed by atoms with van der Waals surface area (Å²) in [6.07, 6.45) is 6.45. The second-order valence-electron chi connectivity index (χ2n) is 5.80. The van der Waals surface area contributed by atoms with Crippen molar-refractivity contribution in [2.75, 3.05) is 26.2 Å². The third kappa shape index (κ3) is 5.02. The third-order valence-electron chi connectivity index (χ3n) is 4.15. The monoisotopic (exact) mass is 296 g/mol. The summed E-state index contributed by atoms with van der Waals surface area (Å²) < 4.78 is 5.12. The van der Waals surface area contributed by atoms with Gasteiger partial charge < -0.3 is 15.0 Å². The average Bonchev–Trinajstić information content (AvgIpc) is 2.45. The number of likely N-dealkylation sites (tertiary alicyclic amines) is 1. The number of amides is 2. The minimum atomic E-state index is -0.379. The van der Waals surface area contributed by atoms with Crippen LogP contribution >= 0.6 is 0 Å². The summed E-state index contributed by atoms with van der Waals surface area (Å²) in [7, 11) is 0. The molecule has 118 valence electrons. The Morgan fingerprint density at radius 1 is 1.14 bits per heavy atom. The Bertz CT molecular complexity index is 379. The van der Waals surface area contributed by atoms with Gasteiger partial charge >= 0.3 is 5.97 Å². The van der Waals surface area contributed by atoms with E-state index in [2.05, 4.69) is 5.32 Å². The van der Waals surface area contributed by atoms with E-state index < -0.39 is 0 Å². The quantitative estimate of drug-likeness (QED) is 0.783. The van der Waals surface area contributed by atoms with Gasteiger partial charge in [-0.3, -0.25) is 14.4 Å². The molecule has 6 heteroatoms. The highest BCUT2D eigenvalue weighted by Gasteiger charge is 2.26. The van der Waals surface area contributed by atoms with E-state index in [0.717, 1.165) is 38.8 Å². The normalized spacial score (nSPS) is 23.7. The maximum atomic E-state index is 12.1. The highest BCUT2D eigenvalue weighted by atomic mass is 16.5. The van der Waals surface area contributed by atoms with Crippen molar-refractivity contribution in [3.8, 4) is 0 Å². The van der Waals surface area contributed by atoms with E-state index in [9.17, 15) is 14.4 Å². The molecule has 0 aromatic carbocycles. The molecule has 2 aliphatic heterocycles. The van der Waals surface area contributed by atoms with E-state index in [1.54, 1.807) is 4.90 Å². The van der Waals surface area contributed by atoms with Crippen molar-refractivity contribution in [3.05, 3.63) is 0 Å². The van der Waals surface area contributed by atoms with Crippen molar-refractivity contribution in [1.82, 2.24) is 10.2 Å². The largest absolute Gasteiger partial charge is 0.455 e. The van der Waals surface area contributed by atoms with Gasteiger partial charge in [0.15, 0.2) is 6.61 Å². The Labute approximate surface area is 125 Å². The van der Waals surface area contributed by atoms with Crippen molar-refractivity contribution < 1.29 is 19.1 Å². The lowest BCUT2D eigenvalue weighted by atomic mass is 10.00. The summed E-state index contributed by atoms with van der Waals surface area (Å²) in [6.45, 7) is 1.66. The van der Waals surface area contributed by atoms with Crippen LogP contribution in [0.15, 0.2) is 0 Å². The number of carbonyl (C=O) groups is 3. The summed E-state index contributed by atoms with van der Waals surface area (Å²) in [6, 6.07) is 0. The number of carbonyl (C=O) groups excluding carboxylic acids is 3. The Balaban J connectivity index is 1.72. The number of rotatable bonds is 3. The fourth-order valence-corrected chi connectivity index (χ4v) is 2.77. The molecule has 0 spiro atoms. The van der Waals surface area contributed by atoms with Gasteiger partial charge in [0.2, 0.25) is 5.91 Å². The number of piperidine rings is 1. The number of hydrogen-bond donors (Lipinski definition) is 1. The first-order valence-electron chi connectivity index (χ1n) is 7.88. The fraction of sp³-hybridized carbons (Fsp3) is 0.800. The number of hydrogen-bond acceptors (Lipinski definition) is 4. The second-order valence-corrected chi connectivity index (χ2v) is 5.80. The van der Waals surface area contributed by atoms with Gasteiger partial charge in [0, 0.05) is 26.1 Å². The van der Waals surface area contributed by atoms with E-state index in [4.69, 9.17) is 4.74 Å². The van der Waals surface area contributed by atoms with Crippen LogP contribution in [0.2, 0.25) is 0 Å². The second kappa shape index (κ2) is 8.00. The zero-order valence-electron chi connectivity index (χ0n) is 12.4. The topological polar surface area (TPSA) is 75.7 Å². The molecule has 0 aromatic heterocycles. The van der Waals surface area contributed by atoms with E-state index in [1.807, 2.05) is 0 Å². The minimum absolute atomic E-state index is 0.0317. The lowest BCUT2D eigenvalue weighted by molar-refractivity contribution is -0.156. The lowest BCUT2D eigenvalue weighted by Crippen LogP contribution is -2.41. The number of nitrogens with one attached hydrogen (secondary N) is 1. The van der Waals surface area contributed by atoms with Crippen molar-refractivity contribution in [3.63, 3.8) is 0 Å². The maximum Gasteiger partial charge on any atom is 0.311 e. The van der Waals surface area contributed by atoms with Gasteiger partial charge in [-0.1, -0.05) is 19.3 Å². The summed E-state index contributed by atoms with van der Waals surface area (Å²) in [4.78, 5) is 36.8. The van der Waals surface area contributed by atoms with Crippen LogP contribution < -0.4 is 5.32 Å². The molecule has 1 N–H and O–H groups in total. The van der Waals surface area contributed by atoms with Crippen molar-refractivity contribution in [2.24, 2.45) is 5.92 Å². The molecule has 2 fully saturated rings. The molecule has 2 rings (SSSR count). The minimum Gasteiger partial charge on any atom is -0.455 e. The highest BCUT2D eigenvalue weighted by molar-refractivity contribution is 5.83. The Morgan fingerprint density at radius 2 is 1.81 bits per heavy atom. The first-order chi connectivity index (χ1) is 10.2. The first kappa shape index (κ1) is 15.8. The third-order valence-corrected chi connectivity index (χ3v) is 4.15. The Kier molecular flexibility index (Phi) is 6.02. The van der Waals surface area contributed by atoms with Crippen LogP contribution in [0.25, 0.3) is 0 Å². The summed E-state index contributed by atoms with van der Waals surface area (Å²) in [5.41, 5.74) is 0. The molecule has 6 nitrogen and oxygen atoms in total. The lowest BCUT2D eigenvalue weighted by Gasteiger charge is -2.25. The van der Waals surface area contributed by atoms with Gasteiger partial charge in [-0.05, 0) is 19.3 Å². The predicted molar refractivity (Wildman–Crippen MR) is 76.4 cm³/mol. The van der Waals surface area contributed by atoms with E-state index in [1.165, 1.54) is 6.42 Å². The van der Waals surface area contributed by atoms with Crippen LogP contribution in [-0.4, -0.2) is 48.9 Å². The van der Waals surface area contributed by atoms with Crippen LogP contribution in [0.3, 0.4) is 0 Å². The van der Waals surface area contributed by atoms with Crippen LogP contribution in [0, 0.1) is 5.92 Å². The van der Waals surface area contributed by atoms with Crippen LogP contribution in [-0.2, 0) is 19.1 Å². The smallest absolute Gasteiger partial charge is 0.311 e. The fourth-order valence-electron chi connectivity index (χ4n) is 2.77. The van der Waals surface area contributed by atoms with Gasteiger partial charge in [-0.2, -0.15) is 0 Å². The molecule has 0 saturated carbocycles. The van der Waals surface area contributed by atoms with E-state index in [-0.39, 0.29) is 30.3 Å². The summed E-state index contributed by atoms with van der Waals surface area (Å²) in [5.74, 6) is -0.834. The number of nitrogens with zero attached hydrogens (tertiary/aromatic N) is 1. The predicted octanol–water partition coefficient (Wildman–Crippen LogP) is 0.848. The van der Waals surface area contributed by atoms with Gasteiger partial charge in [-0.25, -0.2) is 0 Å². The van der Waals surface area contributed by atoms with Crippen molar-refractivity contribution >= 4 is 17.8 Å². The molecule has 0 aromatic rings. The molecule has 0 radical (unpaired) electrons. The molecule has 2 amide bonds. The summed E-state index contributed by atoms with van der Waals surface area (Å²) in [5, 5.41) is 2.64. The van der Waals surface area contributed by atoms with E-state index in [0.29, 0.717) is 19.4 Å². The van der Waals surface area contributed by atoms with Gasteiger partial charge in [0.05, 0.1) is 5.92 Å². The highest BCUT2D eigenvalue weighted by Crippen LogP contribution is 2.13. The van der Waals surface area contributed by atoms with Crippen molar-refractivity contribution in [2.45, 2.75) is 44.9 Å². The average molecular weight is 296 g/mol. The van der Waals surface area contributed by atoms with Crippen LogP contribution in [0.1, 0.15) is 44.9 Å². The van der Waals surface area contributed by atoms with Crippen LogP contribution in [0.4, 0.5) is 0 Å². The van der Waals surface area contributed by atoms with Crippen LogP contribution in [0.5, 0.6) is 0 Å². The Hall–Kier alpha value is -1.59. The molecule has 0 bridgehead atoms. The molecular formula is C15H24N2O4. The molecule has 2 aliphatic rings. The standard InChI is InChI=1S/C15H24N2O4/c18-13-7-6-12(10-16-13)15(20)21-11-14(19)17-8-4-2-1-3-5-9-17/h12H,1-11H2,(H,16,18). The molecule has 1 unspecified atom stereocenters. The molecule has 2 saturated heterocycles. The SMILES string of the molecule is O=C1CCC(C(=O)OCC(=O)N2CCCCCCC2)CN1. The zero-order valence-corrected chi connectivity index (χ0v) is 12.4. The Morgan fingerprint density at radius 3 is 2.43 bits per heavy atom. The number of ether oxygens (including phenoxy) is 1. The molecule has 21 heavy (non-hydrogen) atoms. The van der Waals surface area contributed by atoms with Crippen molar-refractivity contribution in [1.29, 1.82) is 0 Å². The maximum absolute atomic E-state index is 12.1. The molecular weight excluding hydrogens is 272 g/mol. The van der Waals surface area contributed by atoms with Gasteiger partial charge in [0.25, 0.3) is 5.91 Å². The van der Waals surface area contributed by atoms with E-state index >= 15 is 0 Å². The van der Waals surface area contributed by atoms with Gasteiger partial charge in [0.1, 0.15) is 0 Å². The first-order valence-corrected chi connectivity index (χ1v) is 7.88. The van der Waals surface area contributed by atoms with Gasteiger partial charge in [-0.15, -0.1) is 0 Å². The molecule has 0 aliphatic carbocycles. The number of esters is 1. The molecule has 2 heterocycles.